The van der Waals surface area contributed by atoms with Gasteiger partial charge < -0.3 is 15.5 Å². The highest BCUT2D eigenvalue weighted by Gasteiger charge is 2.29. The summed E-state index contributed by atoms with van der Waals surface area (Å²) in [5, 5.41) is 7.11. The number of hydrogen-bond donors (Lipinski definition) is 2. The number of nitrogens with zero attached hydrogens (tertiary/aromatic N) is 3. The number of hydrogen-bond acceptors (Lipinski definition) is 3. The number of unbranched alkanes of at least 4 members (excludes halogenated alkanes) is 1. The van der Waals surface area contributed by atoms with E-state index in [0.29, 0.717) is 12.1 Å². The van der Waals surface area contributed by atoms with Crippen molar-refractivity contribution in [2.24, 2.45) is 4.99 Å². The van der Waals surface area contributed by atoms with Crippen LogP contribution in [0.3, 0.4) is 0 Å². The Morgan fingerprint density at radius 2 is 1.90 bits per heavy atom. The van der Waals surface area contributed by atoms with E-state index in [4.69, 9.17) is 4.99 Å². The van der Waals surface area contributed by atoms with E-state index in [2.05, 4.69) is 64.6 Å². The topological polar surface area (TPSA) is 42.9 Å². The van der Waals surface area contributed by atoms with Gasteiger partial charge in [-0.05, 0) is 71.1 Å². The van der Waals surface area contributed by atoms with Crippen LogP contribution in [0.1, 0.15) is 51.5 Å². The average molecular weight is 514 g/mol. The van der Waals surface area contributed by atoms with Crippen molar-refractivity contribution >= 4 is 29.9 Å². The number of halogens is 1. The van der Waals surface area contributed by atoms with E-state index in [1.54, 1.807) is 0 Å². The number of likely N-dealkylation sites (tertiary alicyclic amines) is 2. The van der Waals surface area contributed by atoms with Gasteiger partial charge in [-0.1, -0.05) is 30.3 Å². The number of nitrogens with one attached hydrogen (secondary N) is 2. The Balaban J connectivity index is 0.00000300. The first kappa shape index (κ1) is 24.4. The average Bonchev–Trinajstić information content (AvgIpc) is 3.32. The smallest absolute Gasteiger partial charge is 0.191 e. The Morgan fingerprint density at radius 3 is 2.62 bits per heavy atom. The van der Waals surface area contributed by atoms with Crippen molar-refractivity contribution < 1.29 is 0 Å². The molecule has 0 aliphatic carbocycles. The quantitative estimate of drug-likeness (QED) is 0.229. The van der Waals surface area contributed by atoms with Crippen LogP contribution < -0.4 is 10.6 Å². The van der Waals surface area contributed by atoms with Gasteiger partial charge in [0.2, 0.25) is 0 Å². The molecule has 2 aliphatic rings. The zero-order valence-electron chi connectivity index (χ0n) is 18.3. The van der Waals surface area contributed by atoms with Gasteiger partial charge in [0, 0.05) is 38.3 Å². The summed E-state index contributed by atoms with van der Waals surface area (Å²) in [5.74, 6) is 0.988. The van der Waals surface area contributed by atoms with E-state index in [9.17, 15) is 0 Å². The molecule has 1 aromatic carbocycles. The molecule has 29 heavy (non-hydrogen) atoms. The van der Waals surface area contributed by atoms with Crippen molar-refractivity contribution in [3.8, 4) is 0 Å². The molecule has 164 valence electrons. The molecule has 5 nitrogen and oxygen atoms in total. The Kier molecular flexibility index (Phi) is 11.3. The third kappa shape index (κ3) is 8.42. The lowest BCUT2D eigenvalue weighted by molar-refractivity contribution is 0.258. The molecule has 1 aromatic rings. The molecule has 2 atom stereocenters. The van der Waals surface area contributed by atoms with Gasteiger partial charge in [-0.15, -0.1) is 24.0 Å². The van der Waals surface area contributed by atoms with Crippen LogP contribution in [-0.4, -0.2) is 67.1 Å². The second kappa shape index (κ2) is 13.4. The zero-order valence-corrected chi connectivity index (χ0v) is 20.6. The van der Waals surface area contributed by atoms with E-state index in [1.165, 1.54) is 57.3 Å². The lowest BCUT2D eigenvalue weighted by Crippen LogP contribution is -2.44. The molecule has 0 saturated carbocycles. The fraction of sp³-hybridized carbons (Fsp3) is 0.696. The van der Waals surface area contributed by atoms with Crippen molar-refractivity contribution in [2.75, 3.05) is 39.3 Å². The van der Waals surface area contributed by atoms with E-state index in [0.717, 1.165) is 32.1 Å². The minimum absolute atomic E-state index is 0. The molecular formula is C23H40IN5. The summed E-state index contributed by atoms with van der Waals surface area (Å²) in [6.45, 7) is 12.3. The lowest BCUT2D eigenvalue weighted by Gasteiger charge is -2.21. The number of aliphatic imine (C=N–C) groups is 1. The van der Waals surface area contributed by atoms with Crippen molar-refractivity contribution in [2.45, 2.75) is 64.6 Å². The largest absolute Gasteiger partial charge is 0.357 e. The van der Waals surface area contributed by atoms with Crippen molar-refractivity contribution in [3.63, 3.8) is 0 Å². The van der Waals surface area contributed by atoms with Crippen LogP contribution in [0.25, 0.3) is 0 Å². The molecule has 6 heteroatoms. The molecule has 2 unspecified atom stereocenters. The van der Waals surface area contributed by atoms with E-state index >= 15 is 0 Å². The number of guanidine groups is 1. The predicted octanol–water partition coefficient (Wildman–Crippen LogP) is 3.70. The Bertz CT molecular complexity index is 588. The molecule has 0 radical (unpaired) electrons. The maximum absolute atomic E-state index is 4.83. The highest BCUT2D eigenvalue weighted by atomic mass is 127. The molecule has 2 saturated heterocycles. The summed E-state index contributed by atoms with van der Waals surface area (Å²) in [5.41, 5.74) is 1.40. The van der Waals surface area contributed by atoms with Gasteiger partial charge in [0.15, 0.2) is 5.96 Å². The maximum atomic E-state index is 4.83. The summed E-state index contributed by atoms with van der Waals surface area (Å²) < 4.78 is 0. The second-order valence-corrected chi connectivity index (χ2v) is 8.36. The van der Waals surface area contributed by atoms with Crippen LogP contribution >= 0.6 is 24.0 Å². The molecule has 0 spiro atoms. The van der Waals surface area contributed by atoms with Gasteiger partial charge in [0.1, 0.15) is 0 Å². The van der Waals surface area contributed by atoms with Crippen LogP contribution in [0, 0.1) is 0 Å². The van der Waals surface area contributed by atoms with Crippen LogP contribution in [0.5, 0.6) is 0 Å². The van der Waals surface area contributed by atoms with Crippen molar-refractivity contribution in [1.29, 1.82) is 0 Å². The van der Waals surface area contributed by atoms with Gasteiger partial charge in [0.05, 0.1) is 0 Å². The Morgan fingerprint density at radius 1 is 1.14 bits per heavy atom. The number of benzene rings is 1. The zero-order chi connectivity index (χ0) is 19.6. The molecule has 3 rings (SSSR count). The lowest BCUT2D eigenvalue weighted by atomic mass is 10.2. The molecule has 0 amide bonds. The summed E-state index contributed by atoms with van der Waals surface area (Å²) in [7, 11) is 0. The van der Waals surface area contributed by atoms with Gasteiger partial charge in [-0.25, -0.2) is 0 Å². The van der Waals surface area contributed by atoms with Crippen molar-refractivity contribution in [1.82, 2.24) is 20.4 Å². The molecule has 2 heterocycles. The summed E-state index contributed by atoms with van der Waals surface area (Å²) in [6.07, 6.45) is 6.37. The van der Waals surface area contributed by atoms with Crippen LogP contribution in [0.2, 0.25) is 0 Å². The fourth-order valence-electron chi connectivity index (χ4n) is 4.40. The highest BCUT2D eigenvalue weighted by Crippen LogP contribution is 2.20. The Labute approximate surface area is 194 Å². The van der Waals surface area contributed by atoms with E-state index in [1.807, 2.05) is 0 Å². The standard InChI is InChI=1S/C23H39N5.HI/c1-3-24-23(25-13-7-8-14-27-15-9-10-16-27)26-22-17-20(2)28(19-22)18-21-11-5-4-6-12-21;/h4-6,11-12,20,22H,3,7-10,13-19H2,1-2H3,(H2,24,25,26);1H. The minimum atomic E-state index is 0. The Hall–Kier alpha value is -0.860. The van der Waals surface area contributed by atoms with Crippen LogP contribution in [0.15, 0.2) is 35.3 Å². The predicted molar refractivity (Wildman–Crippen MR) is 134 cm³/mol. The maximum Gasteiger partial charge on any atom is 0.191 e. The molecule has 0 aromatic heterocycles. The van der Waals surface area contributed by atoms with E-state index in [-0.39, 0.29) is 24.0 Å². The van der Waals surface area contributed by atoms with E-state index < -0.39 is 0 Å². The molecule has 2 aliphatic heterocycles. The molecular weight excluding hydrogens is 473 g/mol. The normalized spacial score (nSPS) is 23.2. The first-order valence-corrected chi connectivity index (χ1v) is 11.3. The summed E-state index contributed by atoms with van der Waals surface area (Å²) in [6, 6.07) is 11.9. The van der Waals surface area contributed by atoms with Gasteiger partial charge in [0.25, 0.3) is 0 Å². The van der Waals surface area contributed by atoms with Gasteiger partial charge in [-0.2, -0.15) is 0 Å². The first-order valence-electron chi connectivity index (χ1n) is 11.3. The molecule has 0 bridgehead atoms. The summed E-state index contributed by atoms with van der Waals surface area (Å²) in [4.78, 5) is 10.0. The van der Waals surface area contributed by atoms with Crippen LogP contribution in [0.4, 0.5) is 0 Å². The first-order chi connectivity index (χ1) is 13.7. The monoisotopic (exact) mass is 513 g/mol. The summed E-state index contributed by atoms with van der Waals surface area (Å²) >= 11 is 0. The number of rotatable bonds is 9. The highest BCUT2D eigenvalue weighted by molar-refractivity contribution is 14.0. The third-order valence-electron chi connectivity index (χ3n) is 5.97. The minimum Gasteiger partial charge on any atom is -0.357 e. The fourth-order valence-corrected chi connectivity index (χ4v) is 4.40. The van der Waals surface area contributed by atoms with Crippen LogP contribution in [-0.2, 0) is 6.54 Å². The molecule has 2 fully saturated rings. The second-order valence-electron chi connectivity index (χ2n) is 8.36. The van der Waals surface area contributed by atoms with Gasteiger partial charge in [-0.3, -0.25) is 9.89 Å². The third-order valence-corrected chi connectivity index (χ3v) is 5.97. The SMILES string of the molecule is CCNC(=NCCCCN1CCCC1)NC1CC(C)N(Cc2ccccc2)C1.I. The van der Waals surface area contributed by atoms with Gasteiger partial charge >= 0.3 is 0 Å². The molecule has 2 N–H and O–H groups in total. The van der Waals surface area contributed by atoms with Crippen molar-refractivity contribution in [3.05, 3.63) is 35.9 Å².